The third-order valence-electron chi connectivity index (χ3n) is 3.59. The smallest absolute Gasteiger partial charge is 0.428 e. The van der Waals surface area contributed by atoms with Crippen LogP contribution in [0.3, 0.4) is 0 Å². The summed E-state index contributed by atoms with van der Waals surface area (Å²) in [5.41, 5.74) is 0. The molecule has 0 saturated carbocycles. The summed E-state index contributed by atoms with van der Waals surface area (Å²) in [6.45, 7) is 14.1. The van der Waals surface area contributed by atoms with E-state index < -0.39 is 8.80 Å². The van der Waals surface area contributed by atoms with E-state index in [2.05, 4.69) is 34.6 Å². The van der Waals surface area contributed by atoms with E-state index in [0.29, 0.717) is 0 Å². The van der Waals surface area contributed by atoms with Crippen molar-refractivity contribution in [1.82, 2.24) is 0 Å². The largest absolute Gasteiger partial charge is 0.500 e. The van der Waals surface area contributed by atoms with E-state index in [9.17, 15) is 0 Å². The number of rotatable bonds is 16. The van der Waals surface area contributed by atoms with Crippen LogP contribution in [0.1, 0.15) is 86.0 Å². The maximum atomic E-state index is 6.01. The van der Waals surface area contributed by atoms with Gasteiger partial charge in [-0.05, 0) is 25.7 Å². The molecule has 0 bridgehead atoms. The lowest BCUT2D eigenvalue weighted by molar-refractivity contribution is 0.0574. The van der Waals surface area contributed by atoms with Gasteiger partial charge in [0, 0.05) is 32.5 Å². The van der Waals surface area contributed by atoms with Gasteiger partial charge in [-0.2, -0.15) is 0 Å². The zero-order valence-corrected chi connectivity index (χ0v) is 20.3. The molecule has 0 N–H and O–H groups in total. The van der Waals surface area contributed by atoms with Crippen LogP contribution < -0.4 is 0 Å². The minimum absolute atomic E-state index is 0.773. The fraction of sp³-hybridized carbons (Fsp3) is 1.00. The summed E-state index contributed by atoms with van der Waals surface area (Å²) < 4.78 is 22.9. The highest BCUT2D eigenvalue weighted by molar-refractivity contribution is 6.60. The topological polar surface area (TPSA) is 36.9 Å². The van der Waals surface area contributed by atoms with Gasteiger partial charge in [0.1, 0.15) is 10.5 Å². The molecule has 0 heterocycles. The average molecular weight is 381 g/mol. The van der Waals surface area contributed by atoms with Crippen LogP contribution >= 0.6 is 0 Å². The first-order chi connectivity index (χ1) is 11.7. The molecular formula is C18H44O4Si2. The Morgan fingerprint density at radius 3 is 1.12 bits per heavy atom. The van der Waals surface area contributed by atoms with Gasteiger partial charge >= 0.3 is 8.80 Å². The molecule has 0 aliphatic rings. The predicted octanol–water partition coefficient (Wildman–Crippen LogP) is 4.48. The van der Waals surface area contributed by atoms with E-state index in [4.69, 9.17) is 17.7 Å². The van der Waals surface area contributed by atoms with Gasteiger partial charge in [0.2, 0.25) is 0 Å². The van der Waals surface area contributed by atoms with E-state index in [1.807, 2.05) is 0 Å². The lowest BCUT2D eigenvalue weighted by atomic mass is 10.4. The molecule has 148 valence electrons. The third-order valence-corrected chi connectivity index (χ3v) is 6.80. The number of hydrogen-bond acceptors (Lipinski definition) is 4. The Hall–Kier alpha value is 0.274. The van der Waals surface area contributed by atoms with E-state index in [1.54, 1.807) is 0 Å². The summed E-state index contributed by atoms with van der Waals surface area (Å²) in [5, 5.41) is 0. The van der Waals surface area contributed by atoms with E-state index in [-0.39, 0.29) is 0 Å². The molecule has 0 aromatic carbocycles. The zero-order chi connectivity index (χ0) is 18.5. The van der Waals surface area contributed by atoms with Gasteiger partial charge in [-0.1, -0.05) is 60.3 Å². The molecule has 0 radical (unpaired) electrons. The van der Waals surface area contributed by atoms with Gasteiger partial charge in [-0.15, -0.1) is 0 Å². The molecule has 0 amide bonds. The van der Waals surface area contributed by atoms with Crippen LogP contribution in [0, 0.1) is 0 Å². The van der Waals surface area contributed by atoms with Gasteiger partial charge in [-0.25, -0.2) is 0 Å². The Balaban J connectivity index is 0. The zero-order valence-electron chi connectivity index (χ0n) is 17.3. The Morgan fingerprint density at radius 1 is 0.583 bits per heavy atom. The minimum Gasteiger partial charge on any atom is -0.428 e. The first-order valence-electron chi connectivity index (χ1n) is 10.1. The maximum absolute atomic E-state index is 6.01. The molecular weight excluding hydrogens is 336 g/mol. The van der Waals surface area contributed by atoms with E-state index >= 15 is 0 Å². The van der Waals surface area contributed by atoms with Crippen LogP contribution in [-0.4, -0.2) is 45.7 Å². The van der Waals surface area contributed by atoms with Crippen molar-refractivity contribution in [3.05, 3.63) is 0 Å². The van der Waals surface area contributed by atoms with Crippen molar-refractivity contribution in [3.8, 4) is 0 Å². The van der Waals surface area contributed by atoms with Gasteiger partial charge in [0.15, 0.2) is 0 Å². The van der Waals surface area contributed by atoms with Crippen molar-refractivity contribution in [3.63, 3.8) is 0 Å². The molecule has 0 aliphatic heterocycles. The highest BCUT2D eigenvalue weighted by Gasteiger charge is 2.38. The molecule has 0 spiro atoms. The minimum atomic E-state index is -2.38. The van der Waals surface area contributed by atoms with Gasteiger partial charge in [0.05, 0.1) is 0 Å². The van der Waals surface area contributed by atoms with Crippen molar-refractivity contribution in [1.29, 1.82) is 0 Å². The highest BCUT2D eigenvalue weighted by atomic mass is 28.4. The molecule has 0 saturated heterocycles. The standard InChI is InChI=1S/C14H32O3Si.C4H12OSi/c1-5-9-12-15-18(8-4,16-13-10-6-2)17-14-11-7-3;1-2-3-4-5-6/h5-14H2,1-4H3;2-4H2,1,6H3. The fourth-order valence-corrected chi connectivity index (χ4v) is 4.35. The van der Waals surface area contributed by atoms with Gasteiger partial charge in [-0.3, -0.25) is 0 Å². The second-order valence-corrected chi connectivity index (χ2v) is 9.51. The Kier molecular flexibility index (Phi) is 23.5. The van der Waals surface area contributed by atoms with E-state index in [0.717, 1.165) is 81.5 Å². The summed E-state index contributed by atoms with van der Waals surface area (Å²) in [5.74, 6) is 0. The molecule has 0 aromatic rings. The fourth-order valence-electron chi connectivity index (χ4n) is 1.84. The SMILES string of the molecule is CCCCO[SiH3].CCCCO[Si](CC)(OCCCC)OCCCC. The summed E-state index contributed by atoms with van der Waals surface area (Å²) in [7, 11) is -1.48. The van der Waals surface area contributed by atoms with Crippen molar-refractivity contribution < 1.29 is 17.7 Å². The maximum Gasteiger partial charge on any atom is 0.500 e. The Bertz CT molecular complexity index is 201. The molecule has 24 heavy (non-hydrogen) atoms. The lowest BCUT2D eigenvalue weighted by Gasteiger charge is -2.28. The molecule has 0 rings (SSSR count). The molecule has 0 fully saturated rings. The van der Waals surface area contributed by atoms with Crippen LogP contribution in [0.2, 0.25) is 6.04 Å². The summed E-state index contributed by atoms with van der Waals surface area (Å²) in [4.78, 5) is 0. The molecule has 0 aromatic heterocycles. The number of unbranched alkanes of at least 4 members (excludes halogenated alkanes) is 4. The van der Waals surface area contributed by atoms with Crippen LogP contribution in [0.15, 0.2) is 0 Å². The van der Waals surface area contributed by atoms with Crippen LogP contribution in [0.25, 0.3) is 0 Å². The Labute approximate surface area is 155 Å². The number of hydrogen-bond donors (Lipinski definition) is 0. The van der Waals surface area contributed by atoms with Crippen molar-refractivity contribution in [2.24, 2.45) is 0 Å². The normalized spacial score (nSPS) is 11.4. The lowest BCUT2D eigenvalue weighted by Crippen LogP contribution is -2.46. The first kappa shape index (κ1) is 26.5. The second-order valence-electron chi connectivity index (χ2n) is 5.99. The third kappa shape index (κ3) is 17.1. The summed E-state index contributed by atoms with van der Waals surface area (Å²) >= 11 is 0. The molecule has 6 heteroatoms. The van der Waals surface area contributed by atoms with Gasteiger partial charge < -0.3 is 17.7 Å². The molecule has 0 atom stereocenters. The molecule has 0 aliphatic carbocycles. The summed E-state index contributed by atoms with van der Waals surface area (Å²) in [6, 6.07) is 0.879. The summed E-state index contributed by atoms with van der Waals surface area (Å²) in [6.07, 6.45) is 9.19. The highest BCUT2D eigenvalue weighted by Crippen LogP contribution is 2.17. The average Bonchev–Trinajstić information content (AvgIpc) is 2.60. The molecule has 4 nitrogen and oxygen atoms in total. The van der Waals surface area contributed by atoms with E-state index in [1.165, 1.54) is 12.8 Å². The van der Waals surface area contributed by atoms with Crippen molar-refractivity contribution in [2.75, 3.05) is 26.4 Å². The first-order valence-corrected chi connectivity index (χ1v) is 12.8. The van der Waals surface area contributed by atoms with Crippen molar-refractivity contribution >= 4 is 19.3 Å². The predicted molar refractivity (Wildman–Crippen MR) is 110 cm³/mol. The monoisotopic (exact) mass is 380 g/mol. The Morgan fingerprint density at radius 2 is 0.917 bits per heavy atom. The quantitative estimate of drug-likeness (QED) is 0.292. The van der Waals surface area contributed by atoms with Crippen molar-refractivity contribution in [2.45, 2.75) is 92.0 Å². The van der Waals surface area contributed by atoms with Crippen LogP contribution in [-0.2, 0) is 17.7 Å². The second kappa shape index (κ2) is 21.3. The molecule has 0 unspecified atom stereocenters. The van der Waals surface area contributed by atoms with Crippen LogP contribution in [0.5, 0.6) is 0 Å². The van der Waals surface area contributed by atoms with Gasteiger partial charge in [0.25, 0.3) is 0 Å². The van der Waals surface area contributed by atoms with Crippen LogP contribution in [0.4, 0.5) is 0 Å².